The highest BCUT2D eigenvalue weighted by Crippen LogP contribution is 2.33. The fourth-order valence-electron chi connectivity index (χ4n) is 9.04. The first-order valence-corrected chi connectivity index (χ1v) is 23.3. The van der Waals surface area contributed by atoms with Gasteiger partial charge < -0.3 is 0 Å². The van der Waals surface area contributed by atoms with Crippen molar-refractivity contribution >= 4 is 75.2 Å². The monoisotopic (exact) mass is 894 g/mol. The average molecular weight is 895 g/mol. The van der Waals surface area contributed by atoms with Crippen molar-refractivity contribution in [2.45, 2.75) is 46.2 Å². The van der Waals surface area contributed by atoms with Crippen LogP contribution in [0.1, 0.15) is 76.4 Å². The summed E-state index contributed by atoms with van der Waals surface area (Å²) in [7, 11) is 0. The van der Waals surface area contributed by atoms with E-state index in [2.05, 4.69) is 202 Å². The van der Waals surface area contributed by atoms with Crippen molar-refractivity contribution in [3.05, 3.63) is 256 Å². The molecule has 336 valence electrons. The molecule has 0 aliphatic carbocycles. The van der Waals surface area contributed by atoms with Crippen molar-refractivity contribution in [3.8, 4) is 0 Å². The lowest BCUT2D eigenvalue weighted by Gasteiger charge is -2.26. The predicted octanol–water partition coefficient (Wildman–Crippen LogP) is 15.0. The Morgan fingerprint density at radius 2 is 0.899 bits per heavy atom. The van der Waals surface area contributed by atoms with Crippen LogP contribution in [0.4, 0.5) is 0 Å². The zero-order valence-electron chi connectivity index (χ0n) is 39.6. The van der Waals surface area contributed by atoms with Gasteiger partial charge in [0, 0.05) is 27.7 Å². The van der Waals surface area contributed by atoms with E-state index in [1.54, 1.807) is 0 Å². The number of benzene rings is 9. The van der Waals surface area contributed by atoms with E-state index in [1.807, 2.05) is 55.5 Å². The number of allylic oxidation sites excluding steroid dienone is 1. The lowest BCUT2D eigenvalue weighted by Crippen LogP contribution is -2.19. The second-order valence-electron chi connectivity index (χ2n) is 17.6. The maximum Gasteiger partial charge on any atom is 0.161 e. The third-order valence-corrected chi connectivity index (χ3v) is 12.9. The normalized spacial score (nSPS) is 12.9. The summed E-state index contributed by atoms with van der Waals surface area (Å²) in [6.45, 7) is 17.5. The summed E-state index contributed by atoms with van der Waals surface area (Å²) in [4.78, 5) is 29.7. The summed E-state index contributed by atoms with van der Waals surface area (Å²) < 4.78 is 0. The molecule has 0 bridgehead atoms. The SMILES string of the molecule is C=NC(=NC(=NCc1cccc(C)c1/C=C\C)c1ccc(C(C)(C)c2ccc(CN=C(N=C(N=C)c3cccc4ccccc34)c3cccc4ccccc34)cc2)cc1)c1cccc2ccccc12. The maximum absolute atomic E-state index is 5.20. The smallest absolute Gasteiger partial charge is 0.161 e. The van der Waals surface area contributed by atoms with Gasteiger partial charge in [-0.05, 0) is 93.0 Å². The Kier molecular flexibility index (Phi) is 13.6. The molecule has 9 aromatic rings. The van der Waals surface area contributed by atoms with Crippen LogP contribution in [0.5, 0.6) is 0 Å². The number of amidine groups is 4. The highest BCUT2D eigenvalue weighted by molar-refractivity contribution is 6.20. The summed E-state index contributed by atoms with van der Waals surface area (Å²) in [5.41, 5.74) is 10.2. The van der Waals surface area contributed by atoms with Crippen LogP contribution >= 0.6 is 0 Å². The van der Waals surface area contributed by atoms with Crippen LogP contribution in [-0.2, 0) is 18.5 Å². The van der Waals surface area contributed by atoms with Crippen molar-refractivity contribution < 1.29 is 0 Å². The van der Waals surface area contributed by atoms with E-state index in [4.69, 9.17) is 20.0 Å². The second kappa shape index (κ2) is 20.6. The molecule has 69 heavy (non-hydrogen) atoms. The minimum atomic E-state index is -0.317. The topological polar surface area (TPSA) is 74.2 Å². The van der Waals surface area contributed by atoms with Gasteiger partial charge in [-0.3, -0.25) is 9.98 Å². The Balaban J connectivity index is 1.03. The van der Waals surface area contributed by atoms with Gasteiger partial charge in [-0.25, -0.2) is 20.0 Å². The molecule has 9 aromatic carbocycles. The third-order valence-electron chi connectivity index (χ3n) is 12.9. The standard InChI is InChI=1S/C63H54N6/c1-7-18-52-43(2)19-14-26-49(52)42-67-59(68-60(64-5)56-30-15-23-45-20-8-11-27-53(45)56)48-35-39-51(40-36-48)63(3,4)50-37-33-44(34-38-50)41-66-62(58-32-17-25-47-22-10-13-29-55(47)58)69-61(65-6)57-31-16-24-46-21-9-12-28-54(46)57/h7-40H,5-6,41-42H2,1-4H3/b18-7-,66-62?,67-59?,68-60?,69-61?. The molecule has 0 fully saturated rings. The molecule has 9 rings (SSSR count). The number of nitrogens with zero attached hydrogens (tertiary/aromatic N) is 6. The van der Waals surface area contributed by atoms with Crippen LogP contribution in [0.25, 0.3) is 38.4 Å². The first-order chi connectivity index (χ1) is 33.7. The van der Waals surface area contributed by atoms with Crippen LogP contribution in [0.2, 0.25) is 0 Å². The van der Waals surface area contributed by atoms with E-state index in [1.165, 1.54) is 16.7 Å². The first kappa shape index (κ1) is 45.7. The van der Waals surface area contributed by atoms with Crippen LogP contribution < -0.4 is 0 Å². The Labute approximate surface area is 405 Å². The summed E-state index contributed by atoms with van der Waals surface area (Å²) in [5.74, 6) is 2.24. The van der Waals surface area contributed by atoms with Crippen molar-refractivity contribution in [3.63, 3.8) is 0 Å². The molecule has 0 amide bonds. The Morgan fingerprint density at radius 3 is 1.41 bits per heavy atom. The van der Waals surface area contributed by atoms with Crippen molar-refractivity contribution in [1.29, 1.82) is 0 Å². The number of aryl methyl sites for hydroxylation is 1. The molecule has 0 radical (unpaired) electrons. The van der Waals surface area contributed by atoms with E-state index in [0.717, 1.165) is 71.3 Å². The molecular formula is C63H54N6. The van der Waals surface area contributed by atoms with E-state index < -0.39 is 0 Å². The van der Waals surface area contributed by atoms with Crippen LogP contribution in [0.3, 0.4) is 0 Å². The lowest BCUT2D eigenvalue weighted by molar-refractivity contribution is 0.640. The molecule has 0 saturated carbocycles. The third kappa shape index (κ3) is 9.83. The van der Waals surface area contributed by atoms with E-state index in [0.29, 0.717) is 36.4 Å². The fraction of sp³-hybridized carbons (Fsp3) is 0.111. The number of fused-ring (bicyclic) bond motifs is 3. The molecule has 0 aliphatic rings. The van der Waals surface area contributed by atoms with Gasteiger partial charge in [-0.2, -0.15) is 0 Å². The van der Waals surface area contributed by atoms with Crippen LogP contribution in [-0.4, -0.2) is 36.8 Å². The molecule has 0 spiro atoms. The van der Waals surface area contributed by atoms with Gasteiger partial charge in [0.05, 0.1) is 13.1 Å². The summed E-state index contributed by atoms with van der Waals surface area (Å²) in [6, 6.07) is 67.2. The van der Waals surface area contributed by atoms with Gasteiger partial charge in [-0.1, -0.05) is 220 Å². The fourth-order valence-corrected chi connectivity index (χ4v) is 9.04. The molecular weight excluding hydrogens is 841 g/mol. The Morgan fingerprint density at radius 1 is 0.464 bits per heavy atom. The number of hydrogen-bond donors (Lipinski definition) is 0. The van der Waals surface area contributed by atoms with Gasteiger partial charge in [0.25, 0.3) is 0 Å². The molecule has 0 atom stereocenters. The minimum Gasteiger partial charge on any atom is -0.261 e. The van der Waals surface area contributed by atoms with Crippen LogP contribution in [0, 0.1) is 6.92 Å². The number of rotatable bonds is 11. The highest BCUT2D eigenvalue weighted by Gasteiger charge is 2.24. The van der Waals surface area contributed by atoms with Gasteiger partial charge in [0.15, 0.2) is 23.3 Å². The van der Waals surface area contributed by atoms with Gasteiger partial charge in [-0.15, -0.1) is 0 Å². The predicted molar refractivity (Wildman–Crippen MR) is 295 cm³/mol. The number of aliphatic imine (C=N–C) groups is 6. The molecule has 0 N–H and O–H groups in total. The quantitative estimate of drug-likeness (QED) is 0.0916. The zero-order chi connectivity index (χ0) is 47.7. The molecule has 6 heteroatoms. The summed E-state index contributed by atoms with van der Waals surface area (Å²) in [5, 5.41) is 6.54. The van der Waals surface area contributed by atoms with Crippen molar-refractivity contribution in [2.24, 2.45) is 30.0 Å². The minimum absolute atomic E-state index is 0.317. The van der Waals surface area contributed by atoms with Gasteiger partial charge in [0.1, 0.15) is 0 Å². The Hall–Kier alpha value is -8.48. The van der Waals surface area contributed by atoms with E-state index in [9.17, 15) is 0 Å². The maximum atomic E-state index is 5.20. The molecule has 6 nitrogen and oxygen atoms in total. The zero-order valence-corrected chi connectivity index (χ0v) is 39.6. The van der Waals surface area contributed by atoms with E-state index in [-0.39, 0.29) is 5.41 Å². The highest BCUT2D eigenvalue weighted by atomic mass is 15.0. The van der Waals surface area contributed by atoms with Gasteiger partial charge >= 0.3 is 0 Å². The largest absolute Gasteiger partial charge is 0.261 e. The second-order valence-corrected chi connectivity index (χ2v) is 17.6. The average Bonchev–Trinajstić information content (AvgIpc) is 3.39. The lowest BCUT2D eigenvalue weighted by atomic mass is 9.78. The molecule has 0 aromatic heterocycles. The Bertz CT molecular complexity index is 3500. The summed E-state index contributed by atoms with van der Waals surface area (Å²) >= 11 is 0. The molecule has 0 heterocycles. The van der Waals surface area contributed by atoms with Crippen molar-refractivity contribution in [1.82, 2.24) is 0 Å². The first-order valence-electron chi connectivity index (χ1n) is 23.3. The number of hydrogen-bond acceptors (Lipinski definition) is 2. The van der Waals surface area contributed by atoms with Crippen LogP contribution in [0.15, 0.2) is 230 Å². The van der Waals surface area contributed by atoms with Crippen molar-refractivity contribution in [2.75, 3.05) is 0 Å². The summed E-state index contributed by atoms with van der Waals surface area (Å²) in [6.07, 6.45) is 4.22. The van der Waals surface area contributed by atoms with Gasteiger partial charge in [0.2, 0.25) is 0 Å². The molecule has 0 unspecified atom stereocenters. The van der Waals surface area contributed by atoms with E-state index >= 15 is 0 Å². The molecule has 0 aliphatic heterocycles. The molecule has 0 saturated heterocycles.